The van der Waals surface area contributed by atoms with Crippen LogP contribution in [0.5, 0.6) is 0 Å². The Balaban J connectivity index is 1.45. The molecule has 0 spiro atoms. The highest BCUT2D eigenvalue weighted by atomic mass is 32.2. The van der Waals surface area contributed by atoms with Crippen LogP contribution in [0.15, 0.2) is 117 Å². The van der Waals surface area contributed by atoms with Gasteiger partial charge in [0.15, 0.2) is 5.78 Å². The fourth-order valence-corrected chi connectivity index (χ4v) is 4.63. The number of nitrogens with two attached hydrogens (primary N) is 2. The highest BCUT2D eigenvalue weighted by molar-refractivity contribution is 7.99. The van der Waals surface area contributed by atoms with E-state index in [4.69, 9.17) is 11.5 Å². The summed E-state index contributed by atoms with van der Waals surface area (Å²) in [4.78, 5) is 16.9. The molecule has 4 rings (SSSR count). The first-order valence-electron chi connectivity index (χ1n) is 9.40. The lowest BCUT2D eigenvalue weighted by atomic mass is 10.0. The van der Waals surface area contributed by atoms with E-state index in [2.05, 4.69) is 0 Å². The summed E-state index contributed by atoms with van der Waals surface area (Å²) in [6.07, 6.45) is 0. The number of para-hydroxylation sites is 2. The average molecular weight is 429 g/mol. The smallest absolute Gasteiger partial charge is 0.193 e. The summed E-state index contributed by atoms with van der Waals surface area (Å²) in [6, 6.07) is 30.7. The van der Waals surface area contributed by atoms with Crippen LogP contribution in [0.3, 0.4) is 0 Å². The normalized spacial score (nSPS) is 10.7. The van der Waals surface area contributed by atoms with Crippen molar-refractivity contribution < 1.29 is 4.79 Å². The summed E-state index contributed by atoms with van der Waals surface area (Å²) >= 11 is 3.17. The van der Waals surface area contributed by atoms with Crippen molar-refractivity contribution in [3.8, 4) is 0 Å². The van der Waals surface area contributed by atoms with Crippen molar-refractivity contribution in [3.63, 3.8) is 0 Å². The Morgan fingerprint density at radius 3 is 1.27 bits per heavy atom. The van der Waals surface area contributed by atoms with E-state index in [9.17, 15) is 4.79 Å². The lowest BCUT2D eigenvalue weighted by Crippen LogP contribution is -2.00. The molecule has 0 radical (unpaired) electrons. The monoisotopic (exact) mass is 428 g/mol. The standard InChI is InChI=1S/C25H20N2OS2/c26-21-5-1-3-7-23(21)29-19-13-9-17(10-14-19)25(28)18-11-15-20(16-12-18)30-24-8-4-2-6-22(24)27/h1-16H,26-27H2. The van der Waals surface area contributed by atoms with Crippen LogP contribution < -0.4 is 11.5 Å². The fraction of sp³-hybridized carbons (Fsp3) is 0. The Labute approximate surface area is 184 Å². The SMILES string of the molecule is Nc1ccccc1Sc1ccc(C(=O)c2ccc(Sc3ccccc3N)cc2)cc1. The molecular weight excluding hydrogens is 408 g/mol. The van der Waals surface area contributed by atoms with Crippen LogP contribution in [0.1, 0.15) is 15.9 Å². The number of anilines is 2. The van der Waals surface area contributed by atoms with Crippen LogP contribution in [-0.2, 0) is 0 Å². The van der Waals surface area contributed by atoms with E-state index < -0.39 is 0 Å². The van der Waals surface area contributed by atoms with E-state index in [-0.39, 0.29) is 5.78 Å². The van der Waals surface area contributed by atoms with Crippen molar-refractivity contribution in [3.05, 3.63) is 108 Å². The van der Waals surface area contributed by atoms with Gasteiger partial charge in [-0.3, -0.25) is 4.79 Å². The van der Waals surface area contributed by atoms with Crippen LogP contribution in [0, 0.1) is 0 Å². The number of rotatable bonds is 6. The van der Waals surface area contributed by atoms with Crippen molar-refractivity contribution in [1.82, 2.24) is 0 Å². The van der Waals surface area contributed by atoms with Crippen molar-refractivity contribution in [2.45, 2.75) is 19.6 Å². The summed E-state index contributed by atoms with van der Waals surface area (Å²) in [5, 5.41) is 0. The molecule has 0 saturated carbocycles. The Bertz CT molecular complexity index is 1080. The Kier molecular flexibility index (Phi) is 6.12. The summed E-state index contributed by atoms with van der Waals surface area (Å²) in [7, 11) is 0. The van der Waals surface area contributed by atoms with Crippen LogP contribution in [0.4, 0.5) is 11.4 Å². The second kappa shape index (κ2) is 9.11. The third-order valence-corrected chi connectivity index (χ3v) is 6.73. The third kappa shape index (κ3) is 4.70. The molecule has 30 heavy (non-hydrogen) atoms. The number of benzene rings is 4. The van der Waals surface area contributed by atoms with Gasteiger partial charge in [0, 0.05) is 42.1 Å². The van der Waals surface area contributed by atoms with Crippen LogP contribution >= 0.6 is 23.5 Å². The number of carbonyl (C=O) groups excluding carboxylic acids is 1. The summed E-state index contributed by atoms with van der Waals surface area (Å²) in [5.74, 6) is 0.00144. The summed E-state index contributed by atoms with van der Waals surface area (Å²) < 4.78 is 0. The quantitative estimate of drug-likeness (QED) is 0.275. The van der Waals surface area contributed by atoms with Crippen molar-refractivity contribution >= 4 is 40.7 Å². The number of ketones is 1. The molecule has 148 valence electrons. The molecule has 0 amide bonds. The minimum Gasteiger partial charge on any atom is -0.398 e. The lowest BCUT2D eigenvalue weighted by Gasteiger charge is -2.07. The predicted molar refractivity (Wildman–Crippen MR) is 126 cm³/mol. The Morgan fingerprint density at radius 1 is 0.533 bits per heavy atom. The summed E-state index contributed by atoms with van der Waals surface area (Å²) in [5.41, 5.74) is 14.8. The molecule has 0 aliphatic rings. The van der Waals surface area contributed by atoms with Gasteiger partial charge < -0.3 is 11.5 Å². The van der Waals surface area contributed by atoms with Gasteiger partial charge in [-0.2, -0.15) is 0 Å². The molecule has 3 nitrogen and oxygen atoms in total. The van der Waals surface area contributed by atoms with E-state index in [1.165, 1.54) is 0 Å². The van der Waals surface area contributed by atoms with E-state index in [0.717, 1.165) is 31.0 Å². The minimum atomic E-state index is 0.00144. The molecule has 0 bridgehead atoms. The third-order valence-electron chi connectivity index (χ3n) is 4.53. The zero-order valence-corrected chi connectivity index (χ0v) is 17.8. The highest BCUT2D eigenvalue weighted by Gasteiger charge is 2.10. The van der Waals surface area contributed by atoms with Gasteiger partial charge in [0.1, 0.15) is 0 Å². The van der Waals surface area contributed by atoms with Gasteiger partial charge in [0.25, 0.3) is 0 Å². The molecule has 0 saturated heterocycles. The first-order valence-corrected chi connectivity index (χ1v) is 11.0. The van der Waals surface area contributed by atoms with Crippen molar-refractivity contribution in [1.29, 1.82) is 0 Å². The lowest BCUT2D eigenvalue weighted by molar-refractivity contribution is 0.103. The zero-order valence-electron chi connectivity index (χ0n) is 16.1. The molecule has 0 aliphatic carbocycles. The predicted octanol–water partition coefficient (Wildman–Crippen LogP) is 6.38. The van der Waals surface area contributed by atoms with Gasteiger partial charge >= 0.3 is 0 Å². The topological polar surface area (TPSA) is 69.1 Å². The zero-order chi connectivity index (χ0) is 20.9. The number of hydrogen-bond acceptors (Lipinski definition) is 5. The number of carbonyl (C=O) groups is 1. The van der Waals surface area contributed by atoms with E-state index in [1.54, 1.807) is 23.5 Å². The van der Waals surface area contributed by atoms with Crippen LogP contribution in [-0.4, -0.2) is 5.78 Å². The largest absolute Gasteiger partial charge is 0.398 e. The van der Waals surface area contributed by atoms with Gasteiger partial charge in [-0.15, -0.1) is 0 Å². The second-order valence-corrected chi connectivity index (χ2v) is 8.89. The molecule has 0 atom stereocenters. The molecule has 4 N–H and O–H groups in total. The second-order valence-electron chi connectivity index (χ2n) is 6.66. The first kappa shape index (κ1) is 20.1. The Hall–Kier alpha value is -3.15. The summed E-state index contributed by atoms with van der Waals surface area (Å²) in [6.45, 7) is 0. The van der Waals surface area contributed by atoms with Gasteiger partial charge in [0.2, 0.25) is 0 Å². The molecule has 5 heteroatoms. The molecule has 4 aromatic rings. The molecular formula is C25H20N2OS2. The van der Waals surface area contributed by atoms with Crippen molar-refractivity contribution in [2.75, 3.05) is 11.5 Å². The molecule has 0 unspecified atom stereocenters. The minimum absolute atomic E-state index is 0.00144. The van der Waals surface area contributed by atoms with Gasteiger partial charge in [0.05, 0.1) is 0 Å². The van der Waals surface area contributed by atoms with Crippen LogP contribution in [0.2, 0.25) is 0 Å². The van der Waals surface area contributed by atoms with E-state index in [1.807, 2.05) is 97.1 Å². The van der Waals surface area contributed by atoms with Crippen molar-refractivity contribution in [2.24, 2.45) is 0 Å². The molecule has 0 aromatic heterocycles. The highest BCUT2D eigenvalue weighted by Crippen LogP contribution is 2.33. The average Bonchev–Trinajstić information content (AvgIpc) is 2.77. The fourth-order valence-electron chi connectivity index (χ4n) is 2.92. The van der Waals surface area contributed by atoms with Crippen LogP contribution in [0.25, 0.3) is 0 Å². The maximum atomic E-state index is 12.8. The number of nitrogen functional groups attached to an aromatic ring is 2. The van der Waals surface area contributed by atoms with E-state index >= 15 is 0 Å². The molecule has 0 fully saturated rings. The Morgan fingerprint density at radius 2 is 0.900 bits per heavy atom. The van der Waals surface area contributed by atoms with Gasteiger partial charge in [-0.05, 0) is 72.8 Å². The van der Waals surface area contributed by atoms with Gasteiger partial charge in [-0.1, -0.05) is 47.8 Å². The molecule has 4 aromatic carbocycles. The molecule has 0 heterocycles. The molecule has 0 aliphatic heterocycles. The first-order chi connectivity index (χ1) is 14.6. The number of hydrogen-bond donors (Lipinski definition) is 2. The van der Waals surface area contributed by atoms with Gasteiger partial charge in [-0.25, -0.2) is 0 Å². The maximum Gasteiger partial charge on any atom is 0.193 e. The van der Waals surface area contributed by atoms with E-state index in [0.29, 0.717) is 11.1 Å². The maximum absolute atomic E-state index is 12.8.